The number of benzene rings is 1. The first-order chi connectivity index (χ1) is 10.8. The summed E-state index contributed by atoms with van der Waals surface area (Å²) in [7, 11) is 0. The highest BCUT2D eigenvalue weighted by Gasteiger charge is 2.21. The highest BCUT2D eigenvalue weighted by atomic mass is 15.3. The second kappa shape index (κ2) is 6.65. The Morgan fingerprint density at radius 1 is 1.32 bits per heavy atom. The lowest BCUT2D eigenvalue weighted by Gasteiger charge is -2.10. The van der Waals surface area contributed by atoms with Gasteiger partial charge in [0.1, 0.15) is 11.9 Å². The zero-order chi connectivity index (χ0) is 15.4. The minimum atomic E-state index is 0.667. The number of fused-ring (bicyclic) bond motifs is 1. The molecule has 0 fully saturated rings. The van der Waals surface area contributed by atoms with E-state index < -0.39 is 0 Å². The Balaban J connectivity index is 2.11. The molecule has 3 rings (SSSR count). The van der Waals surface area contributed by atoms with Crippen LogP contribution in [0.5, 0.6) is 0 Å². The Morgan fingerprint density at radius 2 is 2.18 bits per heavy atom. The van der Waals surface area contributed by atoms with E-state index in [0.717, 1.165) is 37.3 Å². The smallest absolute Gasteiger partial charge is 0.133 e. The van der Waals surface area contributed by atoms with Crippen molar-refractivity contribution < 1.29 is 0 Å². The van der Waals surface area contributed by atoms with Gasteiger partial charge < -0.3 is 5.32 Å². The molecule has 0 saturated carbocycles. The second-order valence-electron chi connectivity index (χ2n) is 5.80. The summed E-state index contributed by atoms with van der Waals surface area (Å²) in [6, 6.07) is 9.97. The van der Waals surface area contributed by atoms with E-state index in [1.54, 1.807) is 0 Å². The molecule has 0 unspecified atom stereocenters. The van der Waals surface area contributed by atoms with Gasteiger partial charge in [-0.05, 0) is 44.2 Å². The maximum atomic E-state index is 9.38. The van der Waals surface area contributed by atoms with E-state index >= 15 is 0 Å². The predicted molar refractivity (Wildman–Crippen MR) is 88.3 cm³/mol. The first-order valence-corrected chi connectivity index (χ1v) is 8.19. The maximum Gasteiger partial charge on any atom is 0.133 e. The van der Waals surface area contributed by atoms with Gasteiger partial charge >= 0.3 is 0 Å². The van der Waals surface area contributed by atoms with Crippen molar-refractivity contribution in [2.24, 2.45) is 0 Å². The first-order valence-electron chi connectivity index (χ1n) is 8.19. The van der Waals surface area contributed by atoms with Gasteiger partial charge in [0, 0.05) is 12.1 Å². The standard InChI is InChI=1S/C18H22N4/c1-2-3-10-16-15-9-6-7-12-20-18(15)22(21-16)17-11-5-4-8-14(17)13-19/h4-5,8,11,20H,2-3,6-7,9-10,12H2,1H3. The van der Waals surface area contributed by atoms with E-state index in [-0.39, 0.29) is 0 Å². The number of aromatic nitrogens is 2. The molecule has 2 heterocycles. The van der Waals surface area contributed by atoms with Gasteiger partial charge in [0.15, 0.2) is 0 Å². The molecule has 0 spiro atoms. The summed E-state index contributed by atoms with van der Waals surface area (Å²) in [5.41, 5.74) is 4.08. The molecule has 114 valence electrons. The molecule has 2 aromatic rings. The molecule has 0 bridgehead atoms. The molecule has 1 aromatic carbocycles. The molecular weight excluding hydrogens is 272 g/mol. The third-order valence-electron chi connectivity index (χ3n) is 4.23. The predicted octanol–water partition coefficient (Wildman–Crippen LogP) is 3.83. The van der Waals surface area contributed by atoms with Crippen LogP contribution in [0.1, 0.15) is 49.4 Å². The van der Waals surface area contributed by atoms with Crippen LogP contribution in [-0.2, 0) is 12.8 Å². The minimum Gasteiger partial charge on any atom is -0.370 e. The van der Waals surface area contributed by atoms with Crippen LogP contribution >= 0.6 is 0 Å². The van der Waals surface area contributed by atoms with E-state index in [1.165, 1.54) is 30.5 Å². The summed E-state index contributed by atoms with van der Waals surface area (Å²) in [6.45, 7) is 3.18. The molecule has 4 nitrogen and oxygen atoms in total. The molecule has 0 amide bonds. The van der Waals surface area contributed by atoms with Crippen LogP contribution in [-0.4, -0.2) is 16.3 Å². The summed E-state index contributed by atoms with van der Waals surface area (Å²) in [4.78, 5) is 0. The second-order valence-corrected chi connectivity index (χ2v) is 5.80. The Bertz CT molecular complexity index is 694. The van der Waals surface area contributed by atoms with Crippen LogP contribution in [0.3, 0.4) is 0 Å². The highest BCUT2D eigenvalue weighted by Crippen LogP contribution is 2.29. The van der Waals surface area contributed by atoms with Crippen molar-refractivity contribution in [3.05, 3.63) is 41.1 Å². The Morgan fingerprint density at radius 3 is 3.00 bits per heavy atom. The van der Waals surface area contributed by atoms with Crippen molar-refractivity contribution in [3.8, 4) is 11.8 Å². The SMILES string of the molecule is CCCCc1nn(-c2ccccc2C#N)c2c1CCCCN2. The van der Waals surface area contributed by atoms with Gasteiger partial charge in [0.05, 0.1) is 16.9 Å². The topological polar surface area (TPSA) is 53.6 Å². The molecule has 1 aromatic heterocycles. The van der Waals surface area contributed by atoms with Gasteiger partial charge in [0.2, 0.25) is 0 Å². The van der Waals surface area contributed by atoms with Crippen molar-refractivity contribution in [1.29, 1.82) is 5.26 Å². The van der Waals surface area contributed by atoms with Crippen LogP contribution in [0.4, 0.5) is 5.82 Å². The van der Waals surface area contributed by atoms with Crippen LogP contribution < -0.4 is 5.32 Å². The van der Waals surface area contributed by atoms with E-state index in [0.29, 0.717) is 5.56 Å². The van der Waals surface area contributed by atoms with Gasteiger partial charge in [-0.25, -0.2) is 4.68 Å². The van der Waals surface area contributed by atoms with Crippen molar-refractivity contribution >= 4 is 5.82 Å². The lowest BCUT2D eigenvalue weighted by atomic mass is 10.1. The number of rotatable bonds is 4. The molecule has 0 saturated heterocycles. The minimum absolute atomic E-state index is 0.667. The van der Waals surface area contributed by atoms with Gasteiger partial charge in [-0.2, -0.15) is 10.4 Å². The van der Waals surface area contributed by atoms with E-state index in [2.05, 4.69) is 18.3 Å². The van der Waals surface area contributed by atoms with Crippen LogP contribution in [0.15, 0.2) is 24.3 Å². The lowest BCUT2D eigenvalue weighted by Crippen LogP contribution is -2.08. The molecule has 0 atom stereocenters. The quantitative estimate of drug-likeness (QED) is 0.932. The van der Waals surface area contributed by atoms with Crippen molar-refractivity contribution in [1.82, 2.24) is 9.78 Å². The number of nitriles is 1. The summed E-state index contributed by atoms with van der Waals surface area (Å²) in [5, 5.41) is 17.8. The Kier molecular flexibility index (Phi) is 4.43. The zero-order valence-electron chi connectivity index (χ0n) is 13.1. The number of nitrogens with zero attached hydrogens (tertiary/aromatic N) is 3. The third kappa shape index (κ3) is 2.71. The number of anilines is 1. The molecule has 1 N–H and O–H groups in total. The van der Waals surface area contributed by atoms with E-state index in [9.17, 15) is 5.26 Å². The molecule has 0 radical (unpaired) electrons. The molecule has 1 aliphatic heterocycles. The average Bonchev–Trinajstić information content (AvgIpc) is 2.73. The number of unbranched alkanes of at least 4 members (excludes halogenated alkanes) is 1. The third-order valence-corrected chi connectivity index (χ3v) is 4.23. The van der Waals surface area contributed by atoms with E-state index in [1.807, 2.05) is 28.9 Å². The number of para-hydroxylation sites is 1. The van der Waals surface area contributed by atoms with Gasteiger partial charge in [-0.3, -0.25) is 0 Å². The monoisotopic (exact) mass is 294 g/mol. The number of nitrogens with one attached hydrogen (secondary N) is 1. The average molecular weight is 294 g/mol. The summed E-state index contributed by atoms with van der Waals surface area (Å²) >= 11 is 0. The van der Waals surface area contributed by atoms with Crippen LogP contribution in [0, 0.1) is 11.3 Å². The fraction of sp³-hybridized carbons (Fsp3) is 0.444. The maximum absolute atomic E-state index is 9.38. The molecule has 22 heavy (non-hydrogen) atoms. The normalized spacial score (nSPS) is 13.8. The van der Waals surface area contributed by atoms with Gasteiger partial charge in [-0.15, -0.1) is 0 Å². The van der Waals surface area contributed by atoms with E-state index in [4.69, 9.17) is 5.10 Å². The van der Waals surface area contributed by atoms with Crippen LogP contribution in [0.2, 0.25) is 0 Å². The Labute approximate surface area is 131 Å². The highest BCUT2D eigenvalue weighted by molar-refractivity contribution is 5.58. The fourth-order valence-corrected chi connectivity index (χ4v) is 3.05. The Hall–Kier alpha value is -2.28. The summed E-state index contributed by atoms with van der Waals surface area (Å²) in [6.07, 6.45) is 6.80. The molecule has 0 aliphatic carbocycles. The number of hydrogen-bond acceptors (Lipinski definition) is 3. The lowest BCUT2D eigenvalue weighted by molar-refractivity contribution is 0.727. The molecule has 1 aliphatic rings. The largest absolute Gasteiger partial charge is 0.370 e. The number of aryl methyl sites for hydroxylation is 1. The fourth-order valence-electron chi connectivity index (χ4n) is 3.05. The van der Waals surface area contributed by atoms with Gasteiger partial charge in [0.25, 0.3) is 0 Å². The summed E-state index contributed by atoms with van der Waals surface area (Å²) in [5.74, 6) is 1.09. The molecular formula is C18H22N4. The van der Waals surface area contributed by atoms with Crippen molar-refractivity contribution in [2.45, 2.75) is 45.4 Å². The van der Waals surface area contributed by atoms with Crippen LogP contribution in [0.25, 0.3) is 5.69 Å². The first kappa shape index (κ1) is 14.6. The molecule has 4 heteroatoms. The van der Waals surface area contributed by atoms with Crippen molar-refractivity contribution in [2.75, 3.05) is 11.9 Å². The number of hydrogen-bond donors (Lipinski definition) is 1. The van der Waals surface area contributed by atoms with Crippen molar-refractivity contribution in [3.63, 3.8) is 0 Å². The van der Waals surface area contributed by atoms with Gasteiger partial charge in [-0.1, -0.05) is 25.5 Å². The summed E-state index contributed by atoms with van der Waals surface area (Å²) < 4.78 is 1.95. The zero-order valence-corrected chi connectivity index (χ0v) is 13.1.